The van der Waals surface area contributed by atoms with Gasteiger partial charge in [0.2, 0.25) is 0 Å². The molecule has 0 amide bonds. The molecule has 1 aromatic heterocycles. The molecule has 0 fully saturated rings. The van der Waals surface area contributed by atoms with Crippen LogP contribution in [0.4, 0.5) is 0 Å². The number of carbonyl (C=O) groups is 1. The average Bonchev–Trinajstić information content (AvgIpc) is 2.87. The van der Waals surface area contributed by atoms with E-state index in [9.17, 15) is 9.90 Å². The van der Waals surface area contributed by atoms with Crippen molar-refractivity contribution in [1.29, 1.82) is 0 Å². The molecule has 3 heteroatoms. The second kappa shape index (κ2) is 5.09. The van der Waals surface area contributed by atoms with Gasteiger partial charge < -0.3 is 9.67 Å². The lowest BCUT2D eigenvalue weighted by molar-refractivity contribution is 0.0699. The van der Waals surface area contributed by atoms with Gasteiger partial charge in [0.05, 0.1) is 11.1 Å². The van der Waals surface area contributed by atoms with Crippen LogP contribution in [0.3, 0.4) is 0 Å². The highest BCUT2D eigenvalue weighted by atomic mass is 16.4. The third-order valence-corrected chi connectivity index (χ3v) is 3.76. The molecule has 0 atom stereocenters. The molecule has 21 heavy (non-hydrogen) atoms. The Balaban J connectivity index is 2.34. The summed E-state index contributed by atoms with van der Waals surface area (Å²) in [6.45, 7) is 4.28. The molecule has 106 valence electrons. The minimum absolute atomic E-state index is 0.337. The molecular weight excluding hydrogens is 262 g/mol. The highest BCUT2D eigenvalue weighted by Crippen LogP contribution is 2.29. The standard InChI is InChI=1S/C18H17NO2/c1-12(2)13-7-3-5-9-16(13)19-11-15(18(20)21)14-8-4-6-10-17(14)19/h3-12H,1-2H3,(H,20,21). The van der Waals surface area contributed by atoms with Gasteiger partial charge >= 0.3 is 5.97 Å². The maximum atomic E-state index is 11.5. The summed E-state index contributed by atoms with van der Waals surface area (Å²) >= 11 is 0. The summed E-state index contributed by atoms with van der Waals surface area (Å²) in [6, 6.07) is 15.7. The number of carboxylic acid groups (broad SMARTS) is 1. The molecule has 0 bridgehead atoms. The number of aromatic carboxylic acids is 1. The van der Waals surface area contributed by atoms with Crippen molar-refractivity contribution in [3.05, 3.63) is 65.9 Å². The number of hydrogen-bond acceptors (Lipinski definition) is 1. The smallest absolute Gasteiger partial charge is 0.337 e. The fraction of sp³-hybridized carbons (Fsp3) is 0.167. The van der Waals surface area contributed by atoms with Crippen molar-refractivity contribution < 1.29 is 9.90 Å². The lowest BCUT2D eigenvalue weighted by atomic mass is 10.0. The summed E-state index contributed by atoms with van der Waals surface area (Å²) in [4.78, 5) is 11.5. The van der Waals surface area contributed by atoms with E-state index in [0.29, 0.717) is 11.5 Å². The van der Waals surface area contributed by atoms with Crippen LogP contribution < -0.4 is 0 Å². The van der Waals surface area contributed by atoms with E-state index in [4.69, 9.17) is 0 Å². The molecule has 1 N–H and O–H groups in total. The van der Waals surface area contributed by atoms with E-state index in [1.165, 1.54) is 5.56 Å². The van der Waals surface area contributed by atoms with Crippen molar-refractivity contribution in [1.82, 2.24) is 4.57 Å². The van der Waals surface area contributed by atoms with Crippen LogP contribution in [0.15, 0.2) is 54.7 Å². The summed E-state index contributed by atoms with van der Waals surface area (Å²) < 4.78 is 1.98. The molecule has 0 aliphatic carbocycles. The van der Waals surface area contributed by atoms with Crippen LogP contribution in [-0.2, 0) is 0 Å². The van der Waals surface area contributed by atoms with E-state index in [1.807, 2.05) is 47.0 Å². The first-order valence-electron chi connectivity index (χ1n) is 7.02. The van der Waals surface area contributed by atoms with Crippen molar-refractivity contribution in [2.45, 2.75) is 19.8 Å². The van der Waals surface area contributed by atoms with E-state index in [2.05, 4.69) is 19.9 Å². The van der Waals surface area contributed by atoms with E-state index in [-0.39, 0.29) is 0 Å². The first kappa shape index (κ1) is 13.4. The zero-order valence-electron chi connectivity index (χ0n) is 12.1. The zero-order chi connectivity index (χ0) is 15.0. The van der Waals surface area contributed by atoms with Crippen molar-refractivity contribution in [3.63, 3.8) is 0 Å². The zero-order valence-corrected chi connectivity index (χ0v) is 12.1. The number of aromatic nitrogens is 1. The highest BCUT2D eigenvalue weighted by Gasteiger charge is 2.16. The van der Waals surface area contributed by atoms with E-state index < -0.39 is 5.97 Å². The molecule has 3 rings (SSSR count). The number of para-hydroxylation sites is 2. The maximum absolute atomic E-state index is 11.5. The number of carboxylic acids is 1. The number of nitrogens with zero attached hydrogens (tertiary/aromatic N) is 1. The van der Waals surface area contributed by atoms with Crippen molar-refractivity contribution in [2.24, 2.45) is 0 Å². The molecule has 0 unspecified atom stereocenters. The monoisotopic (exact) mass is 279 g/mol. The van der Waals surface area contributed by atoms with Gasteiger partial charge in [-0.05, 0) is 23.6 Å². The Morgan fingerprint density at radius 3 is 2.43 bits per heavy atom. The summed E-state index contributed by atoms with van der Waals surface area (Å²) in [6.07, 6.45) is 1.72. The van der Waals surface area contributed by atoms with Crippen LogP contribution in [0.2, 0.25) is 0 Å². The molecule has 2 aromatic carbocycles. The number of rotatable bonds is 3. The summed E-state index contributed by atoms with van der Waals surface area (Å²) in [5.74, 6) is -0.525. The number of benzene rings is 2. The Labute approximate surface area is 123 Å². The van der Waals surface area contributed by atoms with Gasteiger partial charge in [-0.2, -0.15) is 0 Å². The van der Waals surface area contributed by atoms with Gasteiger partial charge in [0.15, 0.2) is 0 Å². The van der Waals surface area contributed by atoms with Gasteiger partial charge in [0, 0.05) is 17.3 Å². The Morgan fingerprint density at radius 2 is 1.71 bits per heavy atom. The van der Waals surface area contributed by atoms with Gasteiger partial charge in [-0.3, -0.25) is 0 Å². The maximum Gasteiger partial charge on any atom is 0.337 e. The van der Waals surface area contributed by atoms with Crippen LogP contribution in [0.25, 0.3) is 16.6 Å². The summed E-state index contributed by atoms with van der Waals surface area (Å²) in [5, 5.41) is 10.2. The molecule has 0 saturated carbocycles. The van der Waals surface area contributed by atoms with Gasteiger partial charge in [-0.25, -0.2) is 4.79 Å². The van der Waals surface area contributed by atoms with Crippen LogP contribution in [0.5, 0.6) is 0 Å². The minimum Gasteiger partial charge on any atom is -0.478 e. The van der Waals surface area contributed by atoms with Gasteiger partial charge in [-0.15, -0.1) is 0 Å². The molecule has 0 aliphatic heterocycles. The highest BCUT2D eigenvalue weighted by molar-refractivity contribution is 6.04. The van der Waals surface area contributed by atoms with Crippen molar-refractivity contribution in [2.75, 3.05) is 0 Å². The number of fused-ring (bicyclic) bond motifs is 1. The molecule has 3 nitrogen and oxygen atoms in total. The van der Waals surface area contributed by atoms with E-state index >= 15 is 0 Å². The predicted octanol–water partition coefficient (Wildman–Crippen LogP) is 4.45. The molecule has 0 radical (unpaired) electrons. The number of hydrogen-bond donors (Lipinski definition) is 1. The second-order valence-electron chi connectivity index (χ2n) is 5.45. The predicted molar refractivity (Wildman–Crippen MR) is 84.3 cm³/mol. The SMILES string of the molecule is CC(C)c1ccccc1-n1cc(C(=O)O)c2ccccc21. The third kappa shape index (κ3) is 2.21. The van der Waals surface area contributed by atoms with Gasteiger partial charge in [0.1, 0.15) is 0 Å². The van der Waals surface area contributed by atoms with Crippen LogP contribution in [0, 0.1) is 0 Å². The largest absolute Gasteiger partial charge is 0.478 e. The van der Waals surface area contributed by atoms with Crippen LogP contribution >= 0.6 is 0 Å². The first-order valence-corrected chi connectivity index (χ1v) is 7.02. The lowest BCUT2D eigenvalue weighted by Gasteiger charge is -2.14. The van der Waals surface area contributed by atoms with Crippen LogP contribution in [0.1, 0.15) is 35.7 Å². The van der Waals surface area contributed by atoms with E-state index in [0.717, 1.165) is 16.6 Å². The molecule has 0 aliphatic rings. The Bertz CT molecular complexity index is 815. The molecule has 3 aromatic rings. The quantitative estimate of drug-likeness (QED) is 0.769. The van der Waals surface area contributed by atoms with E-state index in [1.54, 1.807) is 6.20 Å². The molecule has 1 heterocycles. The topological polar surface area (TPSA) is 42.2 Å². The Morgan fingerprint density at radius 1 is 1.05 bits per heavy atom. The minimum atomic E-state index is -0.896. The normalized spacial score (nSPS) is 11.2. The molecule has 0 saturated heterocycles. The van der Waals surface area contributed by atoms with Crippen LogP contribution in [-0.4, -0.2) is 15.6 Å². The van der Waals surface area contributed by atoms with Gasteiger partial charge in [-0.1, -0.05) is 50.2 Å². The van der Waals surface area contributed by atoms with Crippen molar-refractivity contribution in [3.8, 4) is 5.69 Å². The molecule has 0 spiro atoms. The fourth-order valence-electron chi connectivity index (χ4n) is 2.74. The Hall–Kier alpha value is -2.55. The third-order valence-electron chi connectivity index (χ3n) is 3.76. The second-order valence-corrected chi connectivity index (χ2v) is 5.45. The van der Waals surface area contributed by atoms with Crippen molar-refractivity contribution >= 4 is 16.9 Å². The van der Waals surface area contributed by atoms with Gasteiger partial charge in [0.25, 0.3) is 0 Å². The first-order chi connectivity index (χ1) is 10.1. The average molecular weight is 279 g/mol. The Kier molecular flexibility index (Phi) is 3.26. The molecular formula is C18H17NO2. The lowest BCUT2D eigenvalue weighted by Crippen LogP contribution is -2.00. The summed E-state index contributed by atoms with van der Waals surface area (Å²) in [7, 11) is 0. The fourth-order valence-corrected chi connectivity index (χ4v) is 2.74. The summed E-state index contributed by atoms with van der Waals surface area (Å²) in [5.41, 5.74) is 3.50.